The largest absolute Gasteiger partial charge is 0.466 e. The van der Waals surface area contributed by atoms with Gasteiger partial charge in [0.2, 0.25) is 0 Å². The molecule has 1 amide bonds. The SMILES string of the molecule is CCOC(=O)CC[C@H](NC(=O)c1ccc(NCC(=O)c2ccccc2)cc1)C(=O)OCC. The lowest BCUT2D eigenvalue weighted by Crippen LogP contribution is -2.42. The third-order valence-electron chi connectivity index (χ3n) is 4.51. The zero-order chi connectivity index (χ0) is 23.3. The topological polar surface area (TPSA) is 111 Å². The number of ether oxygens (including phenoxy) is 2. The number of amides is 1. The Morgan fingerprint density at radius 2 is 1.50 bits per heavy atom. The van der Waals surface area contributed by atoms with Crippen LogP contribution in [-0.4, -0.2) is 49.4 Å². The van der Waals surface area contributed by atoms with E-state index < -0.39 is 23.9 Å². The lowest BCUT2D eigenvalue weighted by molar-refractivity contribution is -0.146. The second-order valence-corrected chi connectivity index (χ2v) is 6.84. The predicted octanol–water partition coefficient (Wildman–Crippen LogP) is 2.99. The van der Waals surface area contributed by atoms with Gasteiger partial charge in [-0.05, 0) is 44.5 Å². The molecule has 0 aliphatic carbocycles. The highest BCUT2D eigenvalue weighted by Gasteiger charge is 2.24. The highest BCUT2D eigenvalue weighted by atomic mass is 16.5. The second kappa shape index (κ2) is 12.9. The minimum Gasteiger partial charge on any atom is -0.466 e. The van der Waals surface area contributed by atoms with Crippen LogP contribution in [0.2, 0.25) is 0 Å². The molecule has 0 fully saturated rings. The molecule has 0 aliphatic heterocycles. The first-order chi connectivity index (χ1) is 15.4. The summed E-state index contributed by atoms with van der Waals surface area (Å²) < 4.78 is 9.86. The van der Waals surface area contributed by atoms with Crippen molar-refractivity contribution < 1.29 is 28.7 Å². The van der Waals surface area contributed by atoms with Crippen LogP contribution in [-0.2, 0) is 19.1 Å². The molecule has 1 atom stereocenters. The van der Waals surface area contributed by atoms with Crippen LogP contribution in [0.5, 0.6) is 0 Å². The quantitative estimate of drug-likeness (QED) is 0.386. The van der Waals surface area contributed by atoms with E-state index in [4.69, 9.17) is 9.47 Å². The maximum absolute atomic E-state index is 12.6. The van der Waals surface area contributed by atoms with Gasteiger partial charge in [0.05, 0.1) is 19.8 Å². The molecule has 0 saturated carbocycles. The van der Waals surface area contributed by atoms with Gasteiger partial charge in [-0.1, -0.05) is 30.3 Å². The maximum Gasteiger partial charge on any atom is 0.328 e. The standard InChI is InChI=1S/C24H28N2O6/c1-3-31-22(28)15-14-20(24(30)32-4-2)26-23(29)18-10-12-19(13-11-18)25-16-21(27)17-8-6-5-7-9-17/h5-13,20,25H,3-4,14-16H2,1-2H3,(H,26,29)/t20-/m0/s1. The zero-order valence-corrected chi connectivity index (χ0v) is 18.3. The minimum absolute atomic E-state index is 0.0180. The molecule has 32 heavy (non-hydrogen) atoms. The van der Waals surface area contributed by atoms with Gasteiger partial charge >= 0.3 is 11.9 Å². The summed E-state index contributed by atoms with van der Waals surface area (Å²) in [5, 5.41) is 5.63. The zero-order valence-electron chi connectivity index (χ0n) is 18.3. The minimum atomic E-state index is -0.965. The van der Waals surface area contributed by atoms with Gasteiger partial charge in [-0.3, -0.25) is 14.4 Å². The van der Waals surface area contributed by atoms with Gasteiger partial charge in [0, 0.05) is 23.2 Å². The van der Waals surface area contributed by atoms with Crippen LogP contribution < -0.4 is 10.6 Å². The summed E-state index contributed by atoms with van der Waals surface area (Å²) in [6.07, 6.45) is 0.0561. The van der Waals surface area contributed by atoms with Crippen molar-refractivity contribution in [3.63, 3.8) is 0 Å². The van der Waals surface area contributed by atoms with Crippen molar-refractivity contribution in [2.24, 2.45) is 0 Å². The first-order valence-electron chi connectivity index (χ1n) is 10.5. The van der Waals surface area contributed by atoms with Crippen LogP contribution in [0.4, 0.5) is 5.69 Å². The van der Waals surface area contributed by atoms with Gasteiger partial charge < -0.3 is 20.1 Å². The van der Waals surface area contributed by atoms with Crippen molar-refractivity contribution in [3.8, 4) is 0 Å². The Kier molecular flexibility index (Phi) is 9.90. The Labute approximate surface area is 187 Å². The predicted molar refractivity (Wildman–Crippen MR) is 119 cm³/mol. The fraction of sp³-hybridized carbons (Fsp3) is 0.333. The summed E-state index contributed by atoms with van der Waals surface area (Å²) >= 11 is 0. The molecule has 0 saturated heterocycles. The number of hydrogen-bond acceptors (Lipinski definition) is 7. The molecular weight excluding hydrogens is 412 g/mol. The van der Waals surface area contributed by atoms with Gasteiger partial charge in [-0.15, -0.1) is 0 Å². The molecule has 2 aromatic rings. The molecule has 8 heteroatoms. The molecule has 2 aromatic carbocycles. The number of Topliss-reactive ketones (excluding diaryl/α,β-unsaturated/α-hetero) is 1. The monoisotopic (exact) mass is 440 g/mol. The van der Waals surface area contributed by atoms with E-state index in [1.807, 2.05) is 6.07 Å². The Bertz CT molecular complexity index is 912. The Hall–Kier alpha value is -3.68. The molecule has 0 aromatic heterocycles. The van der Waals surface area contributed by atoms with Gasteiger partial charge in [0.1, 0.15) is 6.04 Å². The molecule has 0 radical (unpaired) electrons. The first kappa shape index (κ1) is 24.6. The van der Waals surface area contributed by atoms with Crippen LogP contribution in [0, 0.1) is 0 Å². The molecule has 170 valence electrons. The van der Waals surface area contributed by atoms with E-state index in [0.717, 1.165) is 0 Å². The van der Waals surface area contributed by atoms with Crippen molar-refractivity contribution in [3.05, 3.63) is 65.7 Å². The van der Waals surface area contributed by atoms with Crippen molar-refractivity contribution in [2.75, 3.05) is 25.1 Å². The highest BCUT2D eigenvalue weighted by molar-refractivity contribution is 5.99. The number of anilines is 1. The van der Waals surface area contributed by atoms with E-state index in [9.17, 15) is 19.2 Å². The van der Waals surface area contributed by atoms with Crippen LogP contribution in [0.15, 0.2) is 54.6 Å². The summed E-state index contributed by atoms with van der Waals surface area (Å²) in [6.45, 7) is 3.88. The summed E-state index contributed by atoms with van der Waals surface area (Å²) in [5.41, 5.74) is 1.62. The Balaban J connectivity index is 1.94. The molecule has 0 bridgehead atoms. The van der Waals surface area contributed by atoms with Crippen LogP contribution in [0.3, 0.4) is 0 Å². The normalized spacial score (nSPS) is 11.2. The van der Waals surface area contributed by atoms with E-state index in [1.165, 1.54) is 0 Å². The fourth-order valence-corrected chi connectivity index (χ4v) is 2.88. The number of nitrogens with one attached hydrogen (secondary N) is 2. The Morgan fingerprint density at radius 1 is 0.844 bits per heavy atom. The van der Waals surface area contributed by atoms with E-state index in [-0.39, 0.29) is 38.4 Å². The van der Waals surface area contributed by atoms with Crippen molar-refractivity contribution >= 4 is 29.3 Å². The second-order valence-electron chi connectivity index (χ2n) is 6.84. The summed E-state index contributed by atoms with van der Waals surface area (Å²) in [5.74, 6) is -1.58. The molecular formula is C24H28N2O6. The van der Waals surface area contributed by atoms with Crippen LogP contribution >= 0.6 is 0 Å². The summed E-state index contributed by atoms with van der Waals surface area (Å²) in [4.78, 5) is 48.5. The van der Waals surface area contributed by atoms with E-state index in [2.05, 4.69) is 10.6 Å². The molecule has 0 unspecified atom stereocenters. The third-order valence-corrected chi connectivity index (χ3v) is 4.51. The van der Waals surface area contributed by atoms with Crippen molar-refractivity contribution in [1.29, 1.82) is 0 Å². The molecule has 2 N–H and O–H groups in total. The van der Waals surface area contributed by atoms with Crippen LogP contribution in [0.1, 0.15) is 47.4 Å². The summed E-state index contributed by atoms with van der Waals surface area (Å²) in [7, 11) is 0. The average Bonchev–Trinajstić information content (AvgIpc) is 2.81. The highest BCUT2D eigenvalue weighted by Crippen LogP contribution is 2.11. The van der Waals surface area contributed by atoms with E-state index in [0.29, 0.717) is 16.8 Å². The third kappa shape index (κ3) is 7.86. The Morgan fingerprint density at radius 3 is 2.12 bits per heavy atom. The number of hydrogen-bond donors (Lipinski definition) is 2. The molecule has 0 heterocycles. The number of ketones is 1. The van der Waals surface area contributed by atoms with E-state index >= 15 is 0 Å². The molecule has 2 rings (SSSR count). The number of rotatable bonds is 12. The number of carbonyl (C=O) groups is 4. The lowest BCUT2D eigenvalue weighted by atomic mass is 10.1. The van der Waals surface area contributed by atoms with Gasteiger partial charge in [-0.2, -0.15) is 0 Å². The first-order valence-corrected chi connectivity index (χ1v) is 10.5. The smallest absolute Gasteiger partial charge is 0.328 e. The number of benzene rings is 2. The van der Waals surface area contributed by atoms with Gasteiger partial charge in [-0.25, -0.2) is 4.79 Å². The van der Waals surface area contributed by atoms with Gasteiger partial charge in [0.15, 0.2) is 5.78 Å². The molecule has 0 spiro atoms. The maximum atomic E-state index is 12.6. The average molecular weight is 440 g/mol. The number of esters is 2. The van der Waals surface area contributed by atoms with Crippen LogP contribution in [0.25, 0.3) is 0 Å². The summed E-state index contributed by atoms with van der Waals surface area (Å²) in [6, 6.07) is 14.5. The van der Waals surface area contributed by atoms with E-state index in [1.54, 1.807) is 62.4 Å². The molecule has 0 aliphatic rings. The van der Waals surface area contributed by atoms with Gasteiger partial charge in [0.25, 0.3) is 5.91 Å². The van der Waals surface area contributed by atoms with Crippen molar-refractivity contribution in [2.45, 2.75) is 32.7 Å². The fourth-order valence-electron chi connectivity index (χ4n) is 2.88. The number of carbonyl (C=O) groups excluding carboxylic acids is 4. The lowest BCUT2D eigenvalue weighted by Gasteiger charge is -2.17. The van der Waals surface area contributed by atoms with Crippen molar-refractivity contribution in [1.82, 2.24) is 5.32 Å². The molecule has 8 nitrogen and oxygen atoms in total.